The zero-order valence-electron chi connectivity index (χ0n) is 15.2. The van der Waals surface area contributed by atoms with Gasteiger partial charge in [-0.2, -0.15) is 0 Å². The van der Waals surface area contributed by atoms with Crippen LogP contribution in [-0.2, 0) is 5.60 Å². The summed E-state index contributed by atoms with van der Waals surface area (Å²) in [5.41, 5.74) is -0.0239. The lowest BCUT2D eigenvalue weighted by Crippen LogP contribution is -2.44. The van der Waals surface area contributed by atoms with Crippen LogP contribution in [0.15, 0.2) is 30.3 Å². The van der Waals surface area contributed by atoms with Crippen molar-refractivity contribution in [2.24, 2.45) is 5.92 Å². The minimum absolute atomic E-state index is 0.267. The molecule has 1 N–H and O–H groups in total. The molecule has 3 atom stereocenters. The highest BCUT2D eigenvalue weighted by molar-refractivity contribution is 5.33. The lowest BCUT2D eigenvalue weighted by molar-refractivity contribution is 0.0365. The average Bonchev–Trinajstić information content (AvgIpc) is 3.13. The summed E-state index contributed by atoms with van der Waals surface area (Å²) in [4.78, 5) is 2.50. The Labute approximate surface area is 147 Å². The Morgan fingerprint density at radius 1 is 1.00 bits per heavy atom. The Balaban J connectivity index is 1.80. The smallest absolute Gasteiger partial charge is 0.153 e. The van der Waals surface area contributed by atoms with Crippen molar-refractivity contribution in [3.63, 3.8) is 0 Å². The second kappa shape index (κ2) is 7.72. The molecule has 1 aromatic rings. The standard InChI is InChI=1S/C22H31NO/c1-18-10-8-11-19(2)23(18)17-9-16-22(24,21-14-6-7-15-21)20-12-4-3-5-13-20/h3-5,12-13,18-19,21,24H,6-8,10-11,14-15,17H2,1-2H3. The minimum atomic E-state index is -0.986. The van der Waals surface area contributed by atoms with E-state index >= 15 is 0 Å². The molecule has 24 heavy (non-hydrogen) atoms. The van der Waals surface area contributed by atoms with Gasteiger partial charge in [0.25, 0.3) is 0 Å². The fraction of sp³-hybridized carbons (Fsp3) is 0.636. The molecule has 0 radical (unpaired) electrons. The van der Waals surface area contributed by atoms with Crippen molar-refractivity contribution in [1.82, 2.24) is 4.90 Å². The number of hydrogen-bond donors (Lipinski definition) is 1. The molecule has 2 heteroatoms. The van der Waals surface area contributed by atoms with Gasteiger partial charge < -0.3 is 5.11 Å². The molecule has 0 aromatic heterocycles. The van der Waals surface area contributed by atoms with Crippen LogP contribution in [0.3, 0.4) is 0 Å². The molecule has 0 amide bonds. The molecule has 1 aliphatic carbocycles. The number of hydrogen-bond acceptors (Lipinski definition) is 2. The summed E-state index contributed by atoms with van der Waals surface area (Å²) in [5, 5.41) is 11.5. The fourth-order valence-corrected chi connectivity index (χ4v) is 4.50. The summed E-state index contributed by atoms with van der Waals surface area (Å²) in [5.74, 6) is 6.93. The van der Waals surface area contributed by atoms with Crippen LogP contribution in [0.25, 0.3) is 0 Å². The molecule has 3 unspecified atom stereocenters. The van der Waals surface area contributed by atoms with E-state index in [0.717, 1.165) is 24.9 Å². The van der Waals surface area contributed by atoms with E-state index in [1.165, 1.54) is 32.1 Å². The van der Waals surface area contributed by atoms with E-state index in [2.05, 4.69) is 30.6 Å². The van der Waals surface area contributed by atoms with E-state index in [9.17, 15) is 5.11 Å². The summed E-state index contributed by atoms with van der Waals surface area (Å²) in [6.07, 6.45) is 8.42. The molecule has 2 aliphatic rings. The van der Waals surface area contributed by atoms with Gasteiger partial charge in [0.2, 0.25) is 0 Å². The van der Waals surface area contributed by atoms with Gasteiger partial charge in [0.15, 0.2) is 5.60 Å². The first-order chi connectivity index (χ1) is 11.6. The van der Waals surface area contributed by atoms with Crippen molar-refractivity contribution in [2.75, 3.05) is 6.54 Å². The monoisotopic (exact) mass is 325 g/mol. The number of likely N-dealkylation sites (tertiary alicyclic amines) is 1. The van der Waals surface area contributed by atoms with E-state index in [-0.39, 0.29) is 5.92 Å². The first-order valence-corrected chi connectivity index (χ1v) is 9.65. The zero-order valence-corrected chi connectivity index (χ0v) is 15.2. The third-order valence-corrected chi connectivity index (χ3v) is 6.08. The van der Waals surface area contributed by atoms with Gasteiger partial charge in [-0.1, -0.05) is 61.4 Å². The lowest BCUT2D eigenvalue weighted by atomic mass is 9.80. The number of rotatable bonds is 3. The molecule has 1 aliphatic heterocycles. The van der Waals surface area contributed by atoms with Gasteiger partial charge in [-0.05, 0) is 45.1 Å². The van der Waals surface area contributed by atoms with E-state index < -0.39 is 5.60 Å². The van der Waals surface area contributed by atoms with Crippen LogP contribution in [0, 0.1) is 17.8 Å². The maximum absolute atomic E-state index is 11.5. The third kappa shape index (κ3) is 3.68. The normalized spacial score (nSPS) is 28.1. The molecule has 3 rings (SSSR count). The number of benzene rings is 1. The van der Waals surface area contributed by atoms with Crippen molar-refractivity contribution < 1.29 is 5.11 Å². The molecule has 130 valence electrons. The quantitative estimate of drug-likeness (QED) is 0.836. The molecule has 1 heterocycles. The first-order valence-electron chi connectivity index (χ1n) is 9.65. The fourth-order valence-electron chi connectivity index (χ4n) is 4.50. The molecule has 2 nitrogen and oxygen atoms in total. The van der Waals surface area contributed by atoms with Crippen molar-refractivity contribution in [2.45, 2.75) is 76.5 Å². The third-order valence-electron chi connectivity index (χ3n) is 6.08. The van der Waals surface area contributed by atoms with Gasteiger partial charge >= 0.3 is 0 Å². The number of aliphatic hydroxyl groups is 1. The molecule has 0 spiro atoms. The van der Waals surface area contributed by atoms with Gasteiger partial charge in [0.1, 0.15) is 0 Å². The van der Waals surface area contributed by atoms with Crippen LogP contribution in [-0.4, -0.2) is 28.6 Å². The molecule has 1 saturated carbocycles. The van der Waals surface area contributed by atoms with Crippen molar-refractivity contribution in [1.29, 1.82) is 0 Å². The maximum Gasteiger partial charge on any atom is 0.153 e. The Bertz CT molecular complexity index is 571. The Morgan fingerprint density at radius 2 is 1.62 bits per heavy atom. The summed E-state index contributed by atoms with van der Waals surface area (Å²) in [7, 11) is 0. The van der Waals surface area contributed by atoms with Crippen LogP contribution in [0.1, 0.15) is 64.4 Å². The summed E-state index contributed by atoms with van der Waals surface area (Å²) in [6.45, 7) is 5.37. The SMILES string of the molecule is CC1CCCC(C)N1CC#CC(O)(c1ccccc1)C1CCCC1. The maximum atomic E-state index is 11.5. The van der Waals surface area contributed by atoms with Gasteiger partial charge in [0.05, 0.1) is 6.54 Å². The molecular weight excluding hydrogens is 294 g/mol. The average molecular weight is 325 g/mol. The molecule has 1 saturated heterocycles. The van der Waals surface area contributed by atoms with Crippen LogP contribution < -0.4 is 0 Å². The predicted molar refractivity (Wildman–Crippen MR) is 99.6 cm³/mol. The topological polar surface area (TPSA) is 23.5 Å². The van der Waals surface area contributed by atoms with E-state index in [1.807, 2.05) is 30.3 Å². The van der Waals surface area contributed by atoms with Crippen LogP contribution in [0.2, 0.25) is 0 Å². The van der Waals surface area contributed by atoms with Crippen molar-refractivity contribution in [3.05, 3.63) is 35.9 Å². The molecule has 1 aromatic carbocycles. The highest BCUT2D eigenvalue weighted by Crippen LogP contribution is 2.40. The second-order valence-corrected chi connectivity index (χ2v) is 7.72. The Hall–Kier alpha value is -1.30. The lowest BCUT2D eigenvalue weighted by Gasteiger charge is -2.37. The largest absolute Gasteiger partial charge is 0.373 e. The highest BCUT2D eigenvalue weighted by Gasteiger charge is 2.38. The van der Waals surface area contributed by atoms with Crippen LogP contribution in [0.5, 0.6) is 0 Å². The van der Waals surface area contributed by atoms with Gasteiger partial charge in [-0.25, -0.2) is 0 Å². The van der Waals surface area contributed by atoms with Gasteiger partial charge in [0, 0.05) is 18.0 Å². The van der Waals surface area contributed by atoms with E-state index in [1.54, 1.807) is 0 Å². The Kier molecular flexibility index (Phi) is 5.64. The first kappa shape index (κ1) is 17.5. The zero-order chi connectivity index (χ0) is 17.0. The Morgan fingerprint density at radius 3 is 2.25 bits per heavy atom. The number of nitrogens with zero attached hydrogens (tertiary/aromatic N) is 1. The number of piperidine rings is 1. The van der Waals surface area contributed by atoms with Crippen molar-refractivity contribution >= 4 is 0 Å². The molecule has 0 bridgehead atoms. The summed E-state index contributed by atoms with van der Waals surface area (Å²) < 4.78 is 0. The van der Waals surface area contributed by atoms with Crippen LogP contribution in [0.4, 0.5) is 0 Å². The van der Waals surface area contributed by atoms with Gasteiger partial charge in [-0.15, -0.1) is 0 Å². The van der Waals surface area contributed by atoms with Crippen LogP contribution >= 0.6 is 0 Å². The van der Waals surface area contributed by atoms with E-state index in [0.29, 0.717) is 12.1 Å². The predicted octanol–water partition coefficient (Wildman–Crippen LogP) is 4.33. The molecular formula is C22H31NO. The molecule has 2 fully saturated rings. The summed E-state index contributed by atoms with van der Waals surface area (Å²) >= 11 is 0. The minimum Gasteiger partial charge on any atom is -0.373 e. The second-order valence-electron chi connectivity index (χ2n) is 7.72. The van der Waals surface area contributed by atoms with Gasteiger partial charge in [-0.3, -0.25) is 4.90 Å². The van der Waals surface area contributed by atoms with E-state index in [4.69, 9.17) is 0 Å². The summed E-state index contributed by atoms with van der Waals surface area (Å²) in [6, 6.07) is 11.3. The van der Waals surface area contributed by atoms with Crippen molar-refractivity contribution in [3.8, 4) is 11.8 Å². The highest BCUT2D eigenvalue weighted by atomic mass is 16.3.